The molecule has 13 heavy (non-hydrogen) atoms. The predicted octanol–water partition coefficient (Wildman–Crippen LogP) is -1.48. The second-order valence-corrected chi connectivity index (χ2v) is 3.15. The molecule has 0 radical (unpaired) electrons. The molecule has 0 heterocycles. The molecule has 1 unspecified atom stereocenters. The summed E-state index contributed by atoms with van der Waals surface area (Å²) in [7, 11) is 0. The maximum Gasteiger partial charge on any atom is 1.00 e. The van der Waals surface area contributed by atoms with Crippen molar-refractivity contribution in [2.45, 2.75) is 11.8 Å². The molecule has 0 fully saturated rings. The number of halogens is 2. The van der Waals surface area contributed by atoms with E-state index in [1.54, 1.807) is 0 Å². The minimum atomic E-state index is -2.72. The zero-order chi connectivity index (χ0) is 9.30. The Morgan fingerprint density at radius 1 is 1.31 bits per heavy atom. The van der Waals surface area contributed by atoms with E-state index in [0.29, 0.717) is 0 Å². The summed E-state index contributed by atoms with van der Waals surface area (Å²) in [4.78, 5) is -0.641. The Hall–Kier alpha value is 0.190. The van der Waals surface area contributed by atoms with Gasteiger partial charge in [0.25, 0.3) is 0 Å². The van der Waals surface area contributed by atoms with Crippen molar-refractivity contribution in [3.63, 3.8) is 0 Å². The number of benzene rings is 1. The minimum Gasteiger partial charge on any atom is -0.768 e. The molecule has 0 spiro atoms. The second kappa shape index (κ2) is 5.17. The van der Waals surface area contributed by atoms with Crippen LogP contribution >= 0.6 is 0 Å². The van der Waals surface area contributed by atoms with Gasteiger partial charge in [-0.05, 0) is 29.6 Å². The van der Waals surface area contributed by atoms with Crippen molar-refractivity contribution in [2.75, 3.05) is 0 Å². The first kappa shape index (κ1) is 13.2. The molecule has 2 nitrogen and oxygen atoms in total. The fraction of sp³-hybridized carbons (Fsp3) is 0.143. The van der Waals surface area contributed by atoms with Crippen molar-refractivity contribution in [3.8, 4) is 0 Å². The van der Waals surface area contributed by atoms with E-state index in [9.17, 15) is 17.5 Å². The average Bonchev–Trinajstić information content (AvgIpc) is 2.00. The van der Waals surface area contributed by atoms with E-state index in [2.05, 4.69) is 0 Å². The Bertz CT molecular complexity index is 344. The van der Waals surface area contributed by atoms with Crippen LogP contribution in [0.3, 0.4) is 0 Å². The molecule has 0 N–H and O–H groups in total. The molecule has 6 heteroatoms. The number of hydrogen-bond acceptors (Lipinski definition) is 2. The predicted molar refractivity (Wildman–Crippen MR) is 38.3 cm³/mol. The molecule has 0 aliphatic heterocycles. The third-order valence-corrected chi connectivity index (χ3v) is 2.09. The molecule has 0 saturated carbocycles. The maximum atomic E-state index is 12.7. The van der Waals surface area contributed by atoms with Crippen LogP contribution in [-0.2, 0) is 11.1 Å². The van der Waals surface area contributed by atoms with Crippen molar-refractivity contribution >= 4 is 11.1 Å². The summed E-state index contributed by atoms with van der Waals surface area (Å²) < 4.78 is 46.0. The van der Waals surface area contributed by atoms with Crippen molar-refractivity contribution in [3.05, 3.63) is 29.3 Å². The average molecular weight is 214 g/mol. The van der Waals surface area contributed by atoms with Crippen LogP contribution in [0.1, 0.15) is 5.56 Å². The van der Waals surface area contributed by atoms with Crippen LogP contribution in [-0.4, -0.2) is 8.76 Å². The molecule has 0 amide bonds. The van der Waals surface area contributed by atoms with Gasteiger partial charge < -0.3 is 4.55 Å². The van der Waals surface area contributed by atoms with Gasteiger partial charge in [0.2, 0.25) is 0 Å². The van der Waals surface area contributed by atoms with Gasteiger partial charge in [-0.1, -0.05) is 6.07 Å². The van der Waals surface area contributed by atoms with Gasteiger partial charge in [-0.25, -0.2) is 8.78 Å². The summed E-state index contributed by atoms with van der Waals surface area (Å²) in [6.07, 6.45) is 0. The molecule has 0 saturated heterocycles. The Balaban J connectivity index is 0.00000144. The van der Waals surface area contributed by atoms with Crippen LogP contribution in [0.25, 0.3) is 0 Å². The topological polar surface area (TPSA) is 40.1 Å². The number of aryl methyl sites for hydroxylation is 1. The molecule has 1 aromatic rings. The first-order valence-corrected chi connectivity index (χ1v) is 4.15. The van der Waals surface area contributed by atoms with E-state index in [1.165, 1.54) is 13.0 Å². The SMILES string of the molecule is Cc1ccc(S(=O)[O-])c(F)c1F.[Na+]. The van der Waals surface area contributed by atoms with Crippen LogP contribution in [0.2, 0.25) is 0 Å². The summed E-state index contributed by atoms with van der Waals surface area (Å²) in [6, 6.07) is 2.24. The summed E-state index contributed by atoms with van der Waals surface area (Å²) in [5, 5.41) is 0. The van der Waals surface area contributed by atoms with Crippen LogP contribution in [0.15, 0.2) is 17.0 Å². The van der Waals surface area contributed by atoms with E-state index in [1.807, 2.05) is 0 Å². The van der Waals surface area contributed by atoms with Crippen molar-refractivity contribution < 1.29 is 47.1 Å². The van der Waals surface area contributed by atoms with Gasteiger partial charge in [0.15, 0.2) is 11.6 Å². The quantitative estimate of drug-likeness (QED) is 0.422. The smallest absolute Gasteiger partial charge is 0.768 e. The van der Waals surface area contributed by atoms with Gasteiger partial charge in [-0.2, -0.15) is 0 Å². The molecule has 1 rings (SSSR count). The molecule has 66 valence electrons. The van der Waals surface area contributed by atoms with E-state index >= 15 is 0 Å². The standard InChI is InChI=1S/C7H6F2O2S.Na/c1-4-2-3-5(12(10)11)7(9)6(4)8;/h2-3H,1H3,(H,10,11);/q;+1/p-1. The summed E-state index contributed by atoms with van der Waals surface area (Å²) in [6.45, 7) is 1.36. The molecule has 0 aromatic heterocycles. The Labute approximate surface area is 98.9 Å². The van der Waals surface area contributed by atoms with Crippen LogP contribution in [0.4, 0.5) is 8.78 Å². The maximum absolute atomic E-state index is 12.7. The molecular weight excluding hydrogens is 209 g/mol. The Kier molecular flexibility index (Phi) is 5.24. The monoisotopic (exact) mass is 214 g/mol. The van der Waals surface area contributed by atoms with Crippen molar-refractivity contribution in [1.82, 2.24) is 0 Å². The molecule has 1 atom stereocenters. The third-order valence-electron chi connectivity index (χ3n) is 1.42. The van der Waals surface area contributed by atoms with Crippen molar-refractivity contribution in [2.24, 2.45) is 0 Å². The Morgan fingerprint density at radius 3 is 2.31 bits per heavy atom. The minimum absolute atomic E-state index is 0. The second-order valence-electron chi connectivity index (χ2n) is 2.24. The Morgan fingerprint density at radius 2 is 1.85 bits per heavy atom. The number of hydrogen-bond donors (Lipinski definition) is 0. The van der Waals surface area contributed by atoms with Gasteiger partial charge in [0.05, 0.1) is 4.90 Å². The summed E-state index contributed by atoms with van der Waals surface area (Å²) >= 11 is -2.72. The summed E-state index contributed by atoms with van der Waals surface area (Å²) in [5.41, 5.74) is 0.0849. The first-order valence-electron chi connectivity index (χ1n) is 3.08. The fourth-order valence-electron chi connectivity index (χ4n) is 0.757. The molecule has 0 aliphatic rings. The summed E-state index contributed by atoms with van der Waals surface area (Å²) in [5.74, 6) is -2.43. The number of rotatable bonds is 1. The zero-order valence-electron chi connectivity index (χ0n) is 7.14. The molecule has 0 aliphatic carbocycles. The third kappa shape index (κ3) is 2.82. The van der Waals surface area contributed by atoms with E-state index in [4.69, 9.17) is 0 Å². The molecule has 0 bridgehead atoms. The van der Waals surface area contributed by atoms with E-state index < -0.39 is 27.6 Å². The first-order chi connectivity index (χ1) is 5.54. The molecular formula is C7H5F2NaO2S. The van der Waals surface area contributed by atoms with Crippen molar-refractivity contribution in [1.29, 1.82) is 0 Å². The van der Waals surface area contributed by atoms with E-state index in [0.717, 1.165) is 6.07 Å². The van der Waals surface area contributed by atoms with Crippen LogP contribution < -0.4 is 29.6 Å². The van der Waals surface area contributed by atoms with Gasteiger partial charge in [0, 0.05) is 0 Å². The largest absolute Gasteiger partial charge is 1.00 e. The normalized spacial score (nSPS) is 12.0. The van der Waals surface area contributed by atoms with Crippen LogP contribution in [0, 0.1) is 18.6 Å². The van der Waals surface area contributed by atoms with Gasteiger partial charge in [-0.15, -0.1) is 0 Å². The zero-order valence-corrected chi connectivity index (χ0v) is 9.95. The van der Waals surface area contributed by atoms with Gasteiger partial charge in [0.1, 0.15) is 0 Å². The fourth-order valence-corrected chi connectivity index (χ4v) is 1.17. The van der Waals surface area contributed by atoms with Gasteiger partial charge >= 0.3 is 29.6 Å². The van der Waals surface area contributed by atoms with E-state index in [-0.39, 0.29) is 35.1 Å². The van der Waals surface area contributed by atoms with Crippen LogP contribution in [0.5, 0.6) is 0 Å². The molecule has 1 aromatic carbocycles. The van der Waals surface area contributed by atoms with Gasteiger partial charge in [-0.3, -0.25) is 4.21 Å².